The van der Waals surface area contributed by atoms with Crippen LogP contribution in [0.1, 0.15) is 5.82 Å². The Balaban J connectivity index is 2.72. The van der Waals surface area contributed by atoms with Gasteiger partial charge >= 0.3 is 12.1 Å². The van der Waals surface area contributed by atoms with Crippen LogP contribution in [0, 0.1) is 0 Å². The number of hydrogen-bond acceptors (Lipinski definition) is 2. The smallest absolute Gasteiger partial charge is 0.305 e. The molecule has 0 bridgehead atoms. The summed E-state index contributed by atoms with van der Waals surface area (Å²) in [5, 5.41) is -0.0869. The standard InChI is InChI=1S/C10H4BrF5N2O/c11-4-1-2-6-5(3-4)7(19)18-8(17-6)9(12,13)10(14,15)16/h1-3H,(H,17,18,19). The molecule has 0 aliphatic heterocycles. The number of rotatable bonds is 1. The molecule has 0 spiro atoms. The maximum absolute atomic E-state index is 13.1. The van der Waals surface area contributed by atoms with Gasteiger partial charge in [-0.25, -0.2) is 4.98 Å². The molecule has 0 aliphatic rings. The second-order valence-corrected chi connectivity index (χ2v) is 4.56. The van der Waals surface area contributed by atoms with Crippen molar-refractivity contribution in [3.05, 3.63) is 38.9 Å². The number of aromatic nitrogens is 2. The first-order valence-corrected chi connectivity index (χ1v) is 5.57. The number of nitrogens with zero attached hydrogens (tertiary/aromatic N) is 1. The highest BCUT2D eigenvalue weighted by molar-refractivity contribution is 9.10. The molecule has 1 aromatic heterocycles. The molecule has 19 heavy (non-hydrogen) atoms. The van der Waals surface area contributed by atoms with E-state index in [1.807, 2.05) is 0 Å². The average molecular weight is 343 g/mol. The lowest BCUT2D eigenvalue weighted by Gasteiger charge is -2.18. The third-order valence-electron chi connectivity index (χ3n) is 2.32. The van der Waals surface area contributed by atoms with Crippen molar-refractivity contribution in [3.63, 3.8) is 0 Å². The highest BCUT2D eigenvalue weighted by Crippen LogP contribution is 2.42. The zero-order valence-electron chi connectivity index (χ0n) is 8.86. The number of nitrogens with one attached hydrogen (secondary N) is 1. The first-order valence-electron chi connectivity index (χ1n) is 4.77. The van der Waals surface area contributed by atoms with E-state index >= 15 is 0 Å². The zero-order valence-corrected chi connectivity index (χ0v) is 10.4. The summed E-state index contributed by atoms with van der Waals surface area (Å²) >= 11 is 3.05. The predicted octanol–water partition coefficient (Wildman–Crippen LogP) is 3.34. The SMILES string of the molecule is O=c1[nH]c(C(F)(F)C(F)(F)F)nc2ccc(Br)cc12. The third kappa shape index (κ3) is 2.34. The molecule has 1 aromatic carbocycles. The van der Waals surface area contributed by atoms with Gasteiger partial charge in [0.25, 0.3) is 5.56 Å². The Hall–Kier alpha value is -1.51. The lowest BCUT2D eigenvalue weighted by molar-refractivity contribution is -0.292. The summed E-state index contributed by atoms with van der Waals surface area (Å²) in [5.41, 5.74) is -1.31. The van der Waals surface area contributed by atoms with Crippen LogP contribution in [-0.4, -0.2) is 16.1 Å². The molecule has 0 atom stereocenters. The molecule has 2 rings (SSSR count). The van der Waals surface area contributed by atoms with Crippen LogP contribution in [-0.2, 0) is 5.92 Å². The molecular formula is C10H4BrF5N2O. The van der Waals surface area contributed by atoms with Gasteiger partial charge < -0.3 is 4.98 Å². The first-order chi connectivity index (χ1) is 8.63. The fourth-order valence-electron chi connectivity index (χ4n) is 1.39. The van der Waals surface area contributed by atoms with E-state index in [0.717, 1.165) is 0 Å². The summed E-state index contributed by atoms with van der Waals surface area (Å²) in [4.78, 5) is 16.1. The fourth-order valence-corrected chi connectivity index (χ4v) is 1.75. The maximum Gasteiger partial charge on any atom is 0.461 e. The normalized spacial score (nSPS) is 12.9. The van der Waals surface area contributed by atoms with Crippen molar-refractivity contribution in [2.75, 3.05) is 0 Å². The van der Waals surface area contributed by atoms with Crippen LogP contribution in [0.5, 0.6) is 0 Å². The average Bonchev–Trinajstić information content (AvgIpc) is 2.28. The third-order valence-corrected chi connectivity index (χ3v) is 2.81. The van der Waals surface area contributed by atoms with Gasteiger partial charge in [0.2, 0.25) is 0 Å². The van der Waals surface area contributed by atoms with E-state index < -0.39 is 23.5 Å². The second-order valence-electron chi connectivity index (χ2n) is 3.65. The van der Waals surface area contributed by atoms with Crippen molar-refractivity contribution >= 4 is 26.8 Å². The van der Waals surface area contributed by atoms with Crippen molar-refractivity contribution in [2.24, 2.45) is 0 Å². The van der Waals surface area contributed by atoms with Gasteiger partial charge in [-0.2, -0.15) is 22.0 Å². The Morgan fingerprint density at radius 3 is 2.37 bits per heavy atom. The van der Waals surface area contributed by atoms with Gasteiger partial charge in [0.05, 0.1) is 10.9 Å². The molecule has 0 saturated carbocycles. The van der Waals surface area contributed by atoms with Crippen molar-refractivity contribution in [2.45, 2.75) is 12.1 Å². The van der Waals surface area contributed by atoms with E-state index in [0.29, 0.717) is 4.47 Å². The molecule has 1 N–H and O–H groups in total. The van der Waals surface area contributed by atoms with E-state index in [1.165, 1.54) is 23.2 Å². The van der Waals surface area contributed by atoms with E-state index in [2.05, 4.69) is 20.9 Å². The molecule has 0 radical (unpaired) electrons. The van der Waals surface area contributed by atoms with E-state index in [9.17, 15) is 26.7 Å². The molecular weight excluding hydrogens is 339 g/mol. The number of alkyl halides is 5. The van der Waals surface area contributed by atoms with Crippen LogP contribution in [0.15, 0.2) is 27.5 Å². The van der Waals surface area contributed by atoms with Gasteiger partial charge in [0, 0.05) is 4.47 Å². The van der Waals surface area contributed by atoms with Gasteiger partial charge in [-0.1, -0.05) is 15.9 Å². The van der Waals surface area contributed by atoms with Crippen molar-refractivity contribution < 1.29 is 22.0 Å². The summed E-state index contributed by atoms with van der Waals surface area (Å²) < 4.78 is 63.2. The van der Waals surface area contributed by atoms with Crippen LogP contribution in [0.3, 0.4) is 0 Å². The number of hydrogen-bond donors (Lipinski definition) is 1. The fraction of sp³-hybridized carbons (Fsp3) is 0.200. The van der Waals surface area contributed by atoms with Crippen LogP contribution in [0.2, 0.25) is 0 Å². The van der Waals surface area contributed by atoms with Gasteiger partial charge in [-0.3, -0.25) is 4.79 Å². The first kappa shape index (κ1) is 13.9. The van der Waals surface area contributed by atoms with E-state index in [1.54, 1.807) is 0 Å². The van der Waals surface area contributed by atoms with Crippen molar-refractivity contribution in [1.29, 1.82) is 0 Å². The molecule has 0 amide bonds. The van der Waals surface area contributed by atoms with Gasteiger partial charge in [0.1, 0.15) is 0 Å². The van der Waals surface area contributed by atoms with E-state index in [4.69, 9.17) is 0 Å². The largest absolute Gasteiger partial charge is 0.461 e. The second kappa shape index (κ2) is 4.26. The number of aromatic amines is 1. The van der Waals surface area contributed by atoms with Gasteiger partial charge in [0.15, 0.2) is 5.82 Å². The van der Waals surface area contributed by atoms with E-state index in [-0.39, 0.29) is 10.9 Å². The monoisotopic (exact) mass is 342 g/mol. The van der Waals surface area contributed by atoms with Gasteiger partial charge in [-0.15, -0.1) is 0 Å². The quantitative estimate of drug-likeness (QED) is 0.808. The Kier molecular flexibility index (Phi) is 3.12. The van der Waals surface area contributed by atoms with Crippen LogP contribution in [0.25, 0.3) is 10.9 Å². The summed E-state index contributed by atoms with van der Waals surface area (Å²) in [7, 11) is 0. The molecule has 2 aromatic rings. The molecule has 0 aliphatic carbocycles. The zero-order chi connectivity index (χ0) is 14.4. The summed E-state index contributed by atoms with van der Waals surface area (Å²) in [6.45, 7) is 0. The molecule has 3 nitrogen and oxygen atoms in total. The minimum absolute atomic E-state index is 0.0869. The Labute approximate surface area is 110 Å². The maximum atomic E-state index is 13.1. The number of benzene rings is 1. The predicted molar refractivity (Wildman–Crippen MR) is 60.0 cm³/mol. The molecule has 0 fully saturated rings. The lowest BCUT2D eigenvalue weighted by Crippen LogP contribution is -2.37. The summed E-state index contributed by atoms with van der Waals surface area (Å²) in [6, 6.07) is 3.82. The van der Waals surface area contributed by atoms with Gasteiger partial charge in [-0.05, 0) is 18.2 Å². The lowest BCUT2D eigenvalue weighted by atomic mass is 10.2. The van der Waals surface area contributed by atoms with Crippen LogP contribution in [0.4, 0.5) is 22.0 Å². The Morgan fingerprint density at radius 2 is 1.79 bits per heavy atom. The van der Waals surface area contributed by atoms with Crippen molar-refractivity contribution in [3.8, 4) is 0 Å². The van der Waals surface area contributed by atoms with Crippen LogP contribution >= 0.6 is 15.9 Å². The number of fused-ring (bicyclic) bond motifs is 1. The molecule has 0 unspecified atom stereocenters. The van der Waals surface area contributed by atoms with Crippen LogP contribution < -0.4 is 5.56 Å². The molecule has 1 heterocycles. The Morgan fingerprint density at radius 1 is 1.16 bits per heavy atom. The summed E-state index contributed by atoms with van der Waals surface area (Å²) in [5.74, 6) is -6.94. The highest BCUT2D eigenvalue weighted by atomic mass is 79.9. The minimum Gasteiger partial charge on any atom is -0.305 e. The minimum atomic E-state index is -5.83. The molecule has 102 valence electrons. The molecule has 0 saturated heterocycles. The van der Waals surface area contributed by atoms with Crippen molar-refractivity contribution in [1.82, 2.24) is 9.97 Å². The summed E-state index contributed by atoms with van der Waals surface area (Å²) in [6.07, 6.45) is -5.83. The highest BCUT2D eigenvalue weighted by Gasteiger charge is 2.61. The topological polar surface area (TPSA) is 45.8 Å². The number of H-pyrrole nitrogens is 1. The molecule has 9 heteroatoms. The Bertz CT molecular complexity index is 694. The number of halogens is 6.